The van der Waals surface area contributed by atoms with Gasteiger partial charge in [0.2, 0.25) is 5.13 Å². The van der Waals surface area contributed by atoms with Crippen molar-refractivity contribution in [2.24, 2.45) is 0 Å². The molecule has 0 aliphatic carbocycles. The fraction of sp³-hybridized carbons (Fsp3) is 0.118. The molecule has 0 spiro atoms. The Morgan fingerprint density at radius 2 is 1.92 bits per heavy atom. The van der Waals surface area contributed by atoms with E-state index in [-0.39, 0.29) is 5.91 Å². The van der Waals surface area contributed by atoms with Gasteiger partial charge in [-0.15, -0.1) is 10.2 Å². The summed E-state index contributed by atoms with van der Waals surface area (Å²) in [5.74, 6) is 0.245. The predicted molar refractivity (Wildman–Crippen MR) is 95.9 cm³/mol. The van der Waals surface area contributed by atoms with Gasteiger partial charge in [-0.05, 0) is 25.1 Å². The number of halogens is 1. The highest BCUT2D eigenvalue weighted by Gasteiger charge is 2.15. The Morgan fingerprint density at radius 1 is 1.17 bits per heavy atom. The number of hydrogen-bond donors (Lipinski definition) is 1. The van der Waals surface area contributed by atoms with Crippen LogP contribution in [-0.4, -0.2) is 22.7 Å². The second-order valence-corrected chi connectivity index (χ2v) is 6.16. The van der Waals surface area contributed by atoms with Crippen LogP contribution in [0, 0.1) is 0 Å². The topological polar surface area (TPSA) is 64.1 Å². The van der Waals surface area contributed by atoms with Gasteiger partial charge in [0.1, 0.15) is 5.75 Å². The summed E-state index contributed by atoms with van der Waals surface area (Å²) in [4.78, 5) is 12.4. The van der Waals surface area contributed by atoms with E-state index in [4.69, 9.17) is 16.3 Å². The first kappa shape index (κ1) is 16.4. The number of benzene rings is 2. The molecule has 1 aromatic heterocycles. The lowest BCUT2D eigenvalue weighted by molar-refractivity contribution is 0.102. The Labute approximate surface area is 148 Å². The van der Waals surface area contributed by atoms with Gasteiger partial charge in [0.15, 0.2) is 5.01 Å². The Bertz CT molecular complexity index is 866. The van der Waals surface area contributed by atoms with Gasteiger partial charge in [-0.25, -0.2) is 0 Å². The van der Waals surface area contributed by atoms with Crippen LogP contribution in [0.3, 0.4) is 0 Å². The third-order valence-electron chi connectivity index (χ3n) is 3.18. The summed E-state index contributed by atoms with van der Waals surface area (Å²) in [6.07, 6.45) is 0. The van der Waals surface area contributed by atoms with Crippen molar-refractivity contribution < 1.29 is 9.53 Å². The van der Waals surface area contributed by atoms with Gasteiger partial charge in [-0.1, -0.05) is 53.3 Å². The number of carbonyl (C=O) groups excluding carboxylic acids is 1. The van der Waals surface area contributed by atoms with Gasteiger partial charge < -0.3 is 4.74 Å². The number of carbonyl (C=O) groups is 1. The summed E-state index contributed by atoms with van der Waals surface area (Å²) < 4.78 is 5.48. The Balaban J connectivity index is 1.80. The van der Waals surface area contributed by atoms with Crippen LogP contribution in [0.15, 0.2) is 48.5 Å². The van der Waals surface area contributed by atoms with Crippen LogP contribution < -0.4 is 10.1 Å². The van der Waals surface area contributed by atoms with Gasteiger partial charge in [0.05, 0.1) is 17.2 Å². The number of ether oxygens (including phenoxy) is 1. The SMILES string of the molecule is CCOc1ccccc1C(=O)Nc1nnc(-c2ccccc2Cl)s1. The van der Waals surface area contributed by atoms with Crippen molar-refractivity contribution in [3.05, 3.63) is 59.1 Å². The van der Waals surface area contributed by atoms with Crippen LogP contribution in [0.2, 0.25) is 5.02 Å². The fourth-order valence-corrected chi connectivity index (χ4v) is 3.18. The quantitative estimate of drug-likeness (QED) is 0.728. The number of amides is 1. The summed E-state index contributed by atoms with van der Waals surface area (Å²) in [5.41, 5.74) is 1.24. The first-order chi connectivity index (χ1) is 11.7. The molecular formula is C17H14ClN3O2S. The minimum absolute atomic E-state index is 0.291. The molecule has 0 bridgehead atoms. The normalized spacial score (nSPS) is 10.4. The van der Waals surface area contributed by atoms with E-state index < -0.39 is 0 Å². The average Bonchev–Trinajstić information content (AvgIpc) is 3.04. The van der Waals surface area contributed by atoms with E-state index >= 15 is 0 Å². The van der Waals surface area contributed by atoms with Crippen LogP contribution in [0.25, 0.3) is 10.6 Å². The highest BCUT2D eigenvalue weighted by atomic mass is 35.5. The van der Waals surface area contributed by atoms with Crippen LogP contribution >= 0.6 is 22.9 Å². The van der Waals surface area contributed by atoms with Gasteiger partial charge in [-0.2, -0.15) is 0 Å². The summed E-state index contributed by atoms with van der Waals surface area (Å²) in [7, 11) is 0. The second-order valence-electron chi connectivity index (χ2n) is 4.78. The van der Waals surface area contributed by atoms with Gasteiger partial charge in [0.25, 0.3) is 5.91 Å². The van der Waals surface area contributed by atoms with Crippen LogP contribution in [0.4, 0.5) is 5.13 Å². The van der Waals surface area contributed by atoms with E-state index in [0.29, 0.717) is 33.1 Å². The number of para-hydroxylation sites is 1. The minimum atomic E-state index is -0.291. The van der Waals surface area contributed by atoms with E-state index in [0.717, 1.165) is 5.56 Å². The Hall–Kier alpha value is -2.44. The minimum Gasteiger partial charge on any atom is -0.493 e. The maximum absolute atomic E-state index is 12.4. The van der Waals surface area contributed by atoms with Crippen LogP contribution in [0.5, 0.6) is 5.75 Å². The number of hydrogen-bond acceptors (Lipinski definition) is 5. The van der Waals surface area contributed by atoms with E-state index in [1.807, 2.05) is 31.2 Å². The molecule has 3 aromatic rings. The number of aromatic nitrogens is 2. The number of nitrogens with zero attached hydrogens (tertiary/aromatic N) is 2. The fourth-order valence-electron chi connectivity index (χ4n) is 2.12. The molecule has 0 atom stereocenters. The lowest BCUT2D eigenvalue weighted by Crippen LogP contribution is -2.13. The summed E-state index contributed by atoms with van der Waals surface area (Å²) >= 11 is 7.42. The highest BCUT2D eigenvalue weighted by molar-refractivity contribution is 7.18. The number of rotatable bonds is 5. The zero-order valence-electron chi connectivity index (χ0n) is 12.8. The Kier molecular flexibility index (Phi) is 5.08. The zero-order valence-corrected chi connectivity index (χ0v) is 14.4. The molecule has 0 radical (unpaired) electrons. The van der Waals surface area contributed by atoms with Gasteiger partial charge in [-0.3, -0.25) is 10.1 Å². The number of anilines is 1. The summed E-state index contributed by atoms with van der Waals surface area (Å²) in [5, 5.41) is 12.5. The van der Waals surface area contributed by atoms with E-state index in [1.54, 1.807) is 24.3 Å². The van der Waals surface area contributed by atoms with Crippen molar-refractivity contribution in [3.8, 4) is 16.3 Å². The maximum Gasteiger partial charge on any atom is 0.261 e. The highest BCUT2D eigenvalue weighted by Crippen LogP contribution is 2.32. The lowest BCUT2D eigenvalue weighted by Gasteiger charge is -2.08. The van der Waals surface area contributed by atoms with Crippen molar-refractivity contribution in [1.29, 1.82) is 0 Å². The second kappa shape index (κ2) is 7.42. The molecule has 1 N–H and O–H groups in total. The first-order valence-corrected chi connectivity index (χ1v) is 8.50. The van der Waals surface area contributed by atoms with Crippen molar-refractivity contribution in [1.82, 2.24) is 10.2 Å². The molecule has 122 valence electrons. The molecule has 5 nitrogen and oxygen atoms in total. The van der Waals surface area contributed by atoms with Crippen molar-refractivity contribution in [2.45, 2.75) is 6.92 Å². The zero-order chi connectivity index (χ0) is 16.9. The van der Waals surface area contributed by atoms with Gasteiger partial charge in [0, 0.05) is 5.56 Å². The molecular weight excluding hydrogens is 346 g/mol. The molecule has 0 saturated heterocycles. The molecule has 1 amide bonds. The molecule has 0 saturated carbocycles. The molecule has 1 heterocycles. The third kappa shape index (κ3) is 3.55. The van der Waals surface area contributed by atoms with Gasteiger partial charge >= 0.3 is 0 Å². The van der Waals surface area contributed by atoms with E-state index in [1.165, 1.54) is 11.3 Å². The number of nitrogens with one attached hydrogen (secondary N) is 1. The van der Waals surface area contributed by atoms with Crippen molar-refractivity contribution in [2.75, 3.05) is 11.9 Å². The largest absolute Gasteiger partial charge is 0.493 e. The summed E-state index contributed by atoms with van der Waals surface area (Å²) in [6, 6.07) is 14.4. The lowest BCUT2D eigenvalue weighted by atomic mass is 10.2. The molecule has 0 aliphatic heterocycles. The van der Waals surface area contributed by atoms with E-state index in [2.05, 4.69) is 15.5 Å². The Morgan fingerprint density at radius 3 is 2.71 bits per heavy atom. The van der Waals surface area contributed by atoms with E-state index in [9.17, 15) is 4.79 Å². The monoisotopic (exact) mass is 359 g/mol. The molecule has 0 aliphatic rings. The van der Waals surface area contributed by atoms with Crippen LogP contribution in [-0.2, 0) is 0 Å². The molecule has 2 aromatic carbocycles. The van der Waals surface area contributed by atoms with Crippen molar-refractivity contribution in [3.63, 3.8) is 0 Å². The molecule has 0 unspecified atom stereocenters. The average molecular weight is 360 g/mol. The molecule has 0 fully saturated rings. The predicted octanol–water partition coefficient (Wildman–Crippen LogP) is 4.51. The molecule has 7 heteroatoms. The first-order valence-electron chi connectivity index (χ1n) is 7.30. The van der Waals surface area contributed by atoms with Crippen molar-refractivity contribution >= 4 is 34.0 Å². The standard InChI is InChI=1S/C17H14ClN3O2S/c1-2-23-14-10-6-4-8-12(14)15(22)19-17-21-20-16(24-17)11-7-3-5-9-13(11)18/h3-10H,2H2,1H3,(H,19,21,22). The smallest absolute Gasteiger partial charge is 0.261 e. The summed E-state index contributed by atoms with van der Waals surface area (Å²) in [6.45, 7) is 2.36. The molecule has 3 rings (SSSR count). The molecule has 24 heavy (non-hydrogen) atoms. The van der Waals surface area contributed by atoms with Crippen LogP contribution in [0.1, 0.15) is 17.3 Å². The maximum atomic E-state index is 12.4. The third-order valence-corrected chi connectivity index (χ3v) is 4.38.